The molecule has 0 aromatic heterocycles. The Labute approximate surface area is 113 Å². The summed E-state index contributed by atoms with van der Waals surface area (Å²) < 4.78 is 11.4. The van der Waals surface area contributed by atoms with Crippen LogP contribution in [0.3, 0.4) is 0 Å². The van der Waals surface area contributed by atoms with Gasteiger partial charge in [0.05, 0.1) is 12.7 Å². The number of rotatable bonds is 10. The summed E-state index contributed by atoms with van der Waals surface area (Å²) in [6.07, 6.45) is 14.0. The Morgan fingerprint density at radius 1 is 0.889 bits per heavy atom. The lowest BCUT2D eigenvalue weighted by atomic mass is 10.1. The van der Waals surface area contributed by atoms with Crippen molar-refractivity contribution in [3.8, 4) is 0 Å². The van der Waals surface area contributed by atoms with Crippen molar-refractivity contribution in [1.82, 2.24) is 0 Å². The maximum atomic E-state index is 5.80. The van der Waals surface area contributed by atoms with Crippen molar-refractivity contribution in [1.29, 1.82) is 0 Å². The first-order valence-corrected chi connectivity index (χ1v) is 7.96. The summed E-state index contributed by atoms with van der Waals surface area (Å²) in [5.74, 6) is -0.343. The van der Waals surface area contributed by atoms with Gasteiger partial charge in [0.15, 0.2) is 5.79 Å². The molecule has 0 saturated carbocycles. The third-order valence-corrected chi connectivity index (χ3v) is 3.70. The molecule has 1 unspecified atom stereocenters. The van der Waals surface area contributed by atoms with Crippen molar-refractivity contribution in [2.24, 2.45) is 0 Å². The summed E-state index contributed by atoms with van der Waals surface area (Å²) in [6, 6.07) is 0. The van der Waals surface area contributed by atoms with Gasteiger partial charge in [-0.1, -0.05) is 64.7 Å². The van der Waals surface area contributed by atoms with Gasteiger partial charge in [-0.05, 0) is 20.3 Å². The first kappa shape index (κ1) is 16.0. The predicted molar refractivity (Wildman–Crippen MR) is 76.7 cm³/mol. The van der Waals surface area contributed by atoms with E-state index in [1.165, 1.54) is 64.2 Å². The SMILES string of the molecule is CCCCCCCCCCCC1COC(C)(C)O1. The van der Waals surface area contributed by atoms with Crippen molar-refractivity contribution in [2.45, 2.75) is 96.9 Å². The molecule has 2 nitrogen and oxygen atoms in total. The molecule has 1 fully saturated rings. The molecular weight excluding hydrogens is 224 g/mol. The van der Waals surface area contributed by atoms with E-state index in [-0.39, 0.29) is 5.79 Å². The first-order chi connectivity index (χ1) is 8.64. The largest absolute Gasteiger partial charge is 0.348 e. The lowest BCUT2D eigenvalue weighted by Crippen LogP contribution is -2.21. The summed E-state index contributed by atoms with van der Waals surface area (Å²) in [5.41, 5.74) is 0. The maximum absolute atomic E-state index is 5.80. The smallest absolute Gasteiger partial charge is 0.163 e. The number of hydrogen-bond donors (Lipinski definition) is 0. The minimum Gasteiger partial charge on any atom is -0.348 e. The van der Waals surface area contributed by atoms with E-state index in [9.17, 15) is 0 Å². The van der Waals surface area contributed by atoms with Gasteiger partial charge >= 0.3 is 0 Å². The van der Waals surface area contributed by atoms with E-state index >= 15 is 0 Å². The average molecular weight is 256 g/mol. The second kappa shape index (κ2) is 8.92. The van der Waals surface area contributed by atoms with Gasteiger partial charge in [-0.25, -0.2) is 0 Å². The van der Waals surface area contributed by atoms with Crippen molar-refractivity contribution >= 4 is 0 Å². The summed E-state index contributed by atoms with van der Waals surface area (Å²) in [5, 5.41) is 0. The van der Waals surface area contributed by atoms with Crippen LogP contribution in [0.2, 0.25) is 0 Å². The van der Waals surface area contributed by atoms with Gasteiger partial charge in [-0.15, -0.1) is 0 Å². The van der Waals surface area contributed by atoms with Crippen LogP contribution in [-0.4, -0.2) is 18.5 Å². The molecule has 1 heterocycles. The molecule has 1 atom stereocenters. The third kappa shape index (κ3) is 7.38. The highest BCUT2D eigenvalue weighted by molar-refractivity contribution is 4.70. The minimum atomic E-state index is -0.343. The topological polar surface area (TPSA) is 18.5 Å². The average Bonchev–Trinajstić information content (AvgIpc) is 2.67. The molecule has 0 aromatic carbocycles. The lowest BCUT2D eigenvalue weighted by Gasteiger charge is -2.16. The Morgan fingerprint density at radius 3 is 1.94 bits per heavy atom. The lowest BCUT2D eigenvalue weighted by molar-refractivity contribution is -0.139. The first-order valence-electron chi connectivity index (χ1n) is 7.96. The van der Waals surface area contributed by atoms with Gasteiger partial charge in [0.1, 0.15) is 0 Å². The van der Waals surface area contributed by atoms with E-state index in [1.54, 1.807) is 0 Å². The molecule has 1 aliphatic heterocycles. The highest BCUT2D eigenvalue weighted by atomic mass is 16.7. The Kier molecular flexibility index (Phi) is 7.92. The van der Waals surface area contributed by atoms with E-state index in [0.29, 0.717) is 6.10 Å². The number of hydrogen-bond acceptors (Lipinski definition) is 2. The molecule has 1 rings (SSSR count). The van der Waals surface area contributed by atoms with Crippen LogP contribution in [0.5, 0.6) is 0 Å². The Hall–Kier alpha value is -0.0800. The van der Waals surface area contributed by atoms with Crippen LogP contribution >= 0.6 is 0 Å². The predicted octanol–water partition coefficient (Wildman–Crippen LogP) is 5.06. The number of ether oxygens (including phenoxy) is 2. The zero-order valence-corrected chi connectivity index (χ0v) is 12.7. The fraction of sp³-hybridized carbons (Fsp3) is 1.00. The second-order valence-corrected chi connectivity index (χ2v) is 6.07. The Balaban J connectivity index is 1.82. The molecule has 0 radical (unpaired) electrons. The van der Waals surface area contributed by atoms with Gasteiger partial charge in [-0.2, -0.15) is 0 Å². The molecule has 0 aliphatic carbocycles. The summed E-state index contributed by atoms with van der Waals surface area (Å²) >= 11 is 0. The fourth-order valence-corrected chi connectivity index (χ4v) is 2.59. The van der Waals surface area contributed by atoms with Crippen LogP contribution in [-0.2, 0) is 9.47 Å². The standard InChI is InChI=1S/C16H32O2/c1-4-5-6-7-8-9-10-11-12-13-15-14-17-16(2,3)18-15/h15H,4-14H2,1-3H3. The third-order valence-electron chi connectivity index (χ3n) is 3.70. The molecule has 0 aromatic rings. The van der Waals surface area contributed by atoms with E-state index in [1.807, 2.05) is 13.8 Å². The second-order valence-electron chi connectivity index (χ2n) is 6.07. The molecule has 1 saturated heterocycles. The molecule has 0 amide bonds. The fourth-order valence-electron chi connectivity index (χ4n) is 2.59. The van der Waals surface area contributed by atoms with Crippen LogP contribution in [0.15, 0.2) is 0 Å². The Morgan fingerprint density at radius 2 is 1.44 bits per heavy atom. The molecule has 0 bridgehead atoms. The highest BCUT2D eigenvalue weighted by Gasteiger charge is 2.31. The van der Waals surface area contributed by atoms with Gasteiger partial charge in [0, 0.05) is 0 Å². The van der Waals surface area contributed by atoms with E-state index in [2.05, 4.69) is 6.92 Å². The Bertz CT molecular complexity index is 201. The van der Waals surface area contributed by atoms with Crippen LogP contribution in [0.4, 0.5) is 0 Å². The van der Waals surface area contributed by atoms with Gasteiger partial charge in [0.25, 0.3) is 0 Å². The quantitative estimate of drug-likeness (QED) is 0.509. The molecular formula is C16H32O2. The molecule has 108 valence electrons. The summed E-state index contributed by atoms with van der Waals surface area (Å²) in [7, 11) is 0. The van der Waals surface area contributed by atoms with Crippen molar-refractivity contribution in [3.05, 3.63) is 0 Å². The van der Waals surface area contributed by atoms with Crippen LogP contribution in [0, 0.1) is 0 Å². The van der Waals surface area contributed by atoms with Crippen molar-refractivity contribution in [2.75, 3.05) is 6.61 Å². The van der Waals surface area contributed by atoms with E-state index in [0.717, 1.165) is 6.61 Å². The van der Waals surface area contributed by atoms with E-state index < -0.39 is 0 Å². The summed E-state index contributed by atoms with van der Waals surface area (Å²) in [6.45, 7) is 7.06. The van der Waals surface area contributed by atoms with Crippen molar-refractivity contribution in [3.63, 3.8) is 0 Å². The molecule has 0 N–H and O–H groups in total. The van der Waals surface area contributed by atoms with Crippen LogP contribution in [0.1, 0.15) is 85.0 Å². The van der Waals surface area contributed by atoms with Crippen LogP contribution in [0.25, 0.3) is 0 Å². The molecule has 2 heteroatoms. The zero-order chi connectivity index (χ0) is 13.3. The molecule has 1 aliphatic rings. The minimum absolute atomic E-state index is 0.338. The summed E-state index contributed by atoms with van der Waals surface area (Å²) in [4.78, 5) is 0. The van der Waals surface area contributed by atoms with Crippen LogP contribution < -0.4 is 0 Å². The van der Waals surface area contributed by atoms with Gasteiger partial charge in [-0.3, -0.25) is 0 Å². The maximum Gasteiger partial charge on any atom is 0.163 e. The highest BCUT2D eigenvalue weighted by Crippen LogP contribution is 2.25. The molecule has 18 heavy (non-hydrogen) atoms. The molecule has 0 spiro atoms. The van der Waals surface area contributed by atoms with Crippen molar-refractivity contribution < 1.29 is 9.47 Å². The number of unbranched alkanes of at least 4 members (excludes halogenated alkanes) is 8. The van der Waals surface area contributed by atoms with Gasteiger partial charge < -0.3 is 9.47 Å². The monoisotopic (exact) mass is 256 g/mol. The van der Waals surface area contributed by atoms with E-state index in [4.69, 9.17) is 9.47 Å². The normalized spacial score (nSPS) is 22.5. The zero-order valence-electron chi connectivity index (χ0n) is 12.7. The van der Waals surface area contributed by atoms with Gasteiger partial charge in [0.2, 0.25) is 0 Å².